The molecule has 0 spiro atoms. The van der Waals surface area contributed by atoms with E-state index in [4.69, 9.17) is 0 Å². The van der Waals surface area contributed by atoms with Crippen molar-refractivity contribution < 1.29 is 9.90 Å². The molecule has 110 valence electrons. The van der Waals surface area contributed by atoms with Crippen LogP contribution in [0, 0.1) is 0 Å². The summed E-state index contributed by atoms with van der Waals surface area (Å²) >= 11 is 3.23. The smallest absolute Gasteiger partial charge is 0.253 e. The maximum atomic E-state index is 12.4. The Morgan fingerprint density at radius 3 is 2.65 bits per heavy atom. The van der Waals surface area contributed by atoms with Crippen molar-refractivity contribution in [2.45, 2.75) is 25.8 Å². The second-order valence-corrected chi connectivity index (χ2v) is 6.10. The van der Waals surface area contributed by atoms with Gasteiger partial charge >= 0.3 is 0 Å². The zero-order chi connectivity index (χ0) is 14.7. The molecule has 0 saturated carbocycles. The summed E-state index contributed by atoms with van der Waals surface area (Å²) in [4.78, 5) is 16.7. The van der Waals surface area contributed by atoms with E-state index in [0.717, 1.165) is 32.5 Å². The van der Waals surface area contributed by atoms with Crippen molar-refractivity contribution >= 4 is 21.8 Å². The monoisotopic (exact) mass is 340 g/mol. The number of piperidine rings is 1. The van der Waals surface area contributed by atoms with Crippen molar-refractivity contribution in [3.8, 4) is 5.75 Å². The maximum Gasteiger partial charge on any atom is 0.253 e. The first-order valence-corrected chi connectivity index (χ1v) is 7.80. The van der Waals surface area contributed by atoms with Gasteiger partial charge in [-0.15, -0.1) is 0 Å². The second kappa shape index (κ2) is 6.59. The molecule has 1 N–H and O–H groups in total. The summed E-state index contributed by atoms with van der Waals surface area (Å²) in [7, 11) is 1.85. The molecule has 1 saturated heterocycles. The standard InChI is InChI=1S/C15H21BrN2O2/c1-3-18-8-6-12(7-9-18)17(2)15(20)11-4-5-13(16)14(19)10-11/h4-5,10,12,19H,3,6-9H2,1-2H3. The molecule has 20 heavy (non-hydrogen) atoms. The number of rotatable bonds is 3. The minimum absolute atomic E-state index is 0.0252. The number of nitrogens with zero attached hydrogens (tertiary/aromatic N) is 2. The van der Waals surface area contributed by atoms with Crippen LogP contribution < -0.4 is 0 Å². The summed E-state index contributed by atoms with van der Waals surface area (Å²) in [6, 6.07) is 5.25. The lowest BCUT2D eigenvalue weighted by atomic mass is 10.0. The van der Waals surface area contributed by atoms with Crippen molar-refractivity contribution in [3.05, 3.63) is 28.2 Å². The molecular formula is C15H21BrN2O2. The molecule has 5 heteroatoms. The number of carbonyl (C=O) groups is 1. The minimum Gasteiger partial charge on any atom is -0.507 e. The van der Waals surface area contributed by atoms with E-state index in [-0.39, 0.29) is 17.7 Å². The molecule has 0 aliphatic carbocycles. The summed E-state index contributed by atoms with van der Waals surface area (Å²) in [5.41, 5.74) is 0.533. The quantitative estimate of drug-likeness (QED) is 0.919. The van der Waals surface area contributed by atoms with E-state index in [1.165, 1.54) is 6.07 Å². The van der Waals surface area contributed by atoms with Gasteiger partial charge in [-0.1, -0.05) is 6.92 Å². The molecule has 4 nitrogen and oxygen atoms in total. The summed E-state index contributed by atoms with van der Waals surface area (Å²) in [6.45, 7) is 5.33. The summed E-state index contributed by atoms with van der Waals surface area (Å²) < 4.78 is 0.605. The van der Waals surface area contributed by atoms with Gasteiger partial charge in [0.2, 0.25) is 0 Å². The van der Waals surface area contributed by atoms with Crippen LogP contribution in [-0.2, 0) is 0 Å². The Hall–Kier alpha value is -1.07. The van der Waals surface area contributed by atoms with Gasteiger partial charge in [0.05, 0.1) is 4.47 Å². The van der Waals surface area contributed by atoms with Gasteiger partial charge < -0.3 is 14.9 Å². The third kappa shape index (κ3) is 3.33. The highest BCUT2D eigenvalue weighted by Gasteiger charge is 2.25. The average Bonchev–Trinajstić information content (AvgIpc) is 2.48. The number of amides is 1. The van der Waals surface area contributed by atoms with E-state index in [1.54, 1.807) is 12.1 Å². The van der Waals surface area contributed by atoms with Crippen molar-refractivity contribution in [1.82, 2.24) is 9.80 Å². The number of phenolic OH excluding ortho intramolecular Hbond substituents is 1. The van der Waals surface area contributed by atoms with Crippen LogP contribution in [0.4, 0.5) is 0 Å². The van der Waals surface area contributed by atoms with E-state index in [2.05, 4.69) is 27.8 Å². The van der Waals surface area contributed by atoms with Crippen LogP contribution in [0.2, 0.25) is 0 Å². The van der Waals surface area contributed by atoms with Crippen LogP contribution in [0.15, 0.2) is 22.7 Å². The van der Waals surface area contributed by atoms with Crippen molar-refractivity contribution in [2.75, 3.05) is 26.7 Å². The summed E-state index contributed by atoms with van der Waals surface area (Å²) in [5.74, 6) is 0.0767. The van der Waals surface area contributed by atoms with Crippen molar-refractivity contribution in [1.29, 1.82) is 0 Å². The predicted octanol–water partition coefficient (Wildman–Crippen LogP) is 2.71. The molecule has 1 aromatic rings. The maximum absolute atomic E-state index is 12.4. The number of hydrogen-bond donors (Lipinski definition) is 1. The fourth-order valence-electron chi connectivity index (χ4n) is 2.64. The largest absolute Gasteiger partial charge is 0.507 e. The normalized spacial score (nSPS) is 17.1. The fourth-order valence-corrected chi connectivity index (χ4v) is 2.88. The molecule has 1 fully saturated rings. The lowest BCUT2D eigenvalue weighted by molar-refractivity contribution is 0.0646. The number of aromatic hydroxyl groups is 1. The first-order chi connectivity index (χ1) is 9.52. The SMILES string of the molecule is CCN1CCC(N(C)C(=O)c2ccc(Br)c(O)c2)CC1. The predicted molar refractivity (Wildman–Crippen MR) is 83.0 cm³/mol. The molecule has 0 unspecified atom stereocenters. The zero-order valence-corrected chi connectivity index (χ0v) is 13.6. The first-order valence-electron chi connectivity index (χ1n) is 7.01. The second-order valence-electron chi connectivity index (χ2n) is 5.25. The number of phenols is 1. The van der Waals surface area contributed by atoms with E-state index >= 15 is 0 Å². The van der Waals surface area contributed by atoms with Crippen LogP contribution in [-0.4, -0.2) is 53.5 Å². The van der Waals surface area contributed by atoms with Gasteiger partial charge in [0.15, 0.2) is 0 Å². The third-order valence-corrected chi connectivity index (χ3v) is 4.74. The number of benzene rings is 1. The molecule has 0 aromatic heterocycles. The Kier molecular flexibility index (Phi) is 5.05. The molecule has 0 bridgehead atoms. The molecule has 1 aliphatic heterocycles. The van der Waals surface area contributed by atoms with Gasteiger partial charge in [-0.25, -0.2) is 0 Å². The molecule has 1 amide bonds. The fraction of sp³-hybridized carbons (Fsp3) is 0.533. The van der Waals surface area contributed by atoms with E-state index in [9.17, 15) is 9.90 Å². The number of hydrogen-bond acceptors (Lipinski definition) is 3. The highest BCUT2D eigenvalue weighted by molar-refractivity contribution is 9.10. The van der Waals surface area contributed by atoms with E-state index in [0.29, 0.717) is 10.0 Å². The lowest BCUT2D eigenvalue weighted by Gasteiger charge is -2.36. The number of carbonyl (C=O) groups excluding carboxylic acids is 1. The van der Waals surface area contributed by atoms with Gasteiger partial charge in [0, 0.05) is 31.7 Å². The minimum atomic E-state index is -0.0252. The zero-order valence-electron chi connectivity index (χ0n) is 12.0. The van der Waals surface area contributed by atoms with E-state index < -0.39 is 0 Å². The molecular weight excluding hydrogens is 320 g/mol. The van der Waals surface area contributed by atoms with E-state index in [1.807, 2.05) is 11.9 Å². The average molecular weight is 341 g/mol. The molecule has 1 heterocycles. The van der Waals surface area contributed by atoms with Crippen LogP contribution in [0.3, 0.4) is 0 Å². The van der Waals surface area contributed by atoms with Gasteiger partial charge in [-0.2, -0.15) is 0 Å². The van der Waals surface area contributed by atoms with Crippen LogP contribution in [0.5, 0.6) is 5.75 Å². The van der Waals surface area contributed by atoms with Crippen molar-refractivity contribution in [2.24, 2.45) is 0 Å². The Morgan fingerprint density at radius 1 is 1.45 bits per heavy atom. The van der Waals surface area contributed by atoms with Crippen LogP contribution >= 0.6 is 15.9 Å². The molecule has 0 radical (unpaired) electrons. The number of halogens is 1. The highest BCUT2D eigenvalue weighted by Crippen LogP contribution is 2.25. The van der Waals surface area contributed by atoms with Gasteiger partial charge in [0.1, 0.15) is 5.75 Å². The molecule has 2 rings (SSSR count). The van der Waals surface area contributed by atoms with Gasteiger partial charge in [-0.05, 0) is 53.5 Å². The summed E-state index contributed by atoms with van der Waals surface area (Å²) in [6.07, 6.45) is 2.02. The molecule has 1 aromatic carbocycles. The number of likely N-dealkylation sites (tertiary alicyclic amines) is 1. The lowest BCUT2D eigenvalue weighted by Crippen LogP contribution is -2.45. The Bertz CT molecular complexity index is 485. The topological polar surface area (TPSA) is 43.8 Å². The highest BCUT2D eigenvalue weighted by atomic mass is 79.9. The molecule has 0 atom stereocenters. The van der Waals surface area contributed by atoms with Gasteiger partial charge in [-0.3, -0.25) is 4.79 Å². The Balaban J connectivity index is 2.03. The van der Waals surface area contributed by atoms with Crippen LogP contribution in [0.25, 0.3) is 0 Å². The van der Waals surface area contributed by atoms with Crippen molar-refractivity contribution in [3.63, 3.8) is 0 Å². The van der Waals surface area contributed by atoms with Crippen LogP contribution in [0.1, 0.15) is 30.1 Å². The molecule has 1 aliphatic rings. The Morgan fingerprint density at radius 2 is 2.10 bits per heavy atom. The third-order valence-electron chi connectivity index (χ3n) is 4.07. The van der Waals surface area contributed by atoms with Gasteiger partial charge in [0.25, 0.3) is 5.91 Å². The Labute approximate surface area is 128 Å². The summed E-state index contributed by atoms with van der Waals surface area (Å²) in [5, 5.41) is 9.68. The first kappa shape index (κ1) is 15.3.